The smallest absolute Gasteiger partial charge is 0.323 e. The molecule has 0 spiro atoms. The number of rotatable bonds is 6. The number of aliphatic carboxylic acids is 1. The molecule has 92 valence electrons. The Morgan fingerprint density at radius 3 is 2.59 bits per heavy atom. The number of carboxylic acid groups (broad SMARTS) is 1. The van der Waals surface area contributed by atoms with Gasteiger partial charge in [0.2, 0.25) is 0 Å². The van der Waals surface area contributed by atoms with Gasteiger partial charge >= 0.3 is 5.97 Å². The first-order chi connectivity index (χ1) is 8.10. The van der Waals surface area contributed by atoms with Gasteiger partial charge in [0, 0.05) is 6.54 Å². The van der Waals surface area contributed by atoms with Gasteiger partial charge in [0.25, 0.3) is 0 Å². The second-order valence-electron chi connectivity index (χ2n) is 5.12. The highest BCUT2D eigenvalue weighted by atomic mass is 16.4. The van der Waals surface area contributed by atoms with E-state index in [0.717, 1.165) is 12.0 Å². The van der Waals surface area contributed by atoms with Crippen molar-refractivity contribution in [2.24, 2.45) is 5.92 Å². The highest BCUT2D eigenvalue weighted by molar-refractivity contribution is 5.78. The zero-order valence-corrected chi connectivity index (χ0v) is 10.1. The number of carboxylic acids is 1. The van der Waals surface area contributed by atoms with Crippen molar-refractivity contribution < 1.29 is 9.90 Å². The fraction of sp³-hybridized carbons (Fsp3) is 0.500. The predicted octanol–water partition coefficient (Wildman–Crippen LogP) is 2.42. The molecule has 0 bridgehead atoms. The Bertz CT molecular complexity index is 386. The molecule has 2 N–H and O–H groups in total. The first-order valence-corrected chi connectivity index (χ1v) is 6.12. The minimum absolute atomic E-state index is 0.597. The van der Waals surface area contributed by atoms with Crippen molar-refractivity contribution in [3.63, 3.8) is 0 Å². The molecule has 1 saturated carbocycles. The summed E-state index contributed by atoms with van der Waals surface area (Å²) in [6.07, 6.45) is 3.08. The van der Waals surface area contributed by atoms with Gasteiger partial charge in [-0.25, -0.2) is 0 Å². The van der Waals surface area contributed by atoms with Crippen LogP contribution in [0, 0.1) is 5.92 Å². The van der Waals surface area contributed by atoms with Crippen LogP contribution in [-0.4, -0.2) is 16.6 Å². The monoisotopic (exact) mass is 233 g/mol. The second kappa shape index (κ2) is 4.88. The zero-order chi connectivity index (χ0) is 12.3. The summed E-state index contributed by atoms with van der Waals surface area (Å²) < 4.78 is 0. The molecule has 17 heavy (non-hydrogen) atoms. The second-order valence-corrected chi connectivity index (χ2v) is 5.12. The molecule has 0 saturated heterocycles. The molecule has 1 aliphatic carbocycles. The first-order valence-electron chi connectivity index (χ1n) is 6.12. The molecule has 0 amide bonds. The van der Waals surface area contributed by atoms with E-state index < -0.39 is 11.5 Å². The average Bonchev–Trinajstić information content (AvgIpc) is 3.11. The van der Waals surface area contributed by atoms with Gasteiger partial charge in [-0.15, -0.1) is 0 Å². The molecule has 1 aliphatic rings. The summed E-state index contributed by atoms with van der Waals surface area (Å²) in [4.78, 5) is 11.3. The number of hydrogen-bond acceptors (Lipinski definition) is 2. The number of nitrogens with one attached hydrogen (secondary N) is 1. The molecule has 1 unspecified atom stereocenters. The molecule has 1 fully saturated rings. The topological polar surface area (TPSA) is 49.3 Å². The lowest BCUT2D eigenvalue weighted by atomic mass is 9.94. The van der Waals surface area contributed by atoms with E-state index in [1.165, 1.54) is 12.8 Å². The molecule has 3 heteroatoms. The van der Waals surface area contributed by atoms with Gasteiger partial charge < -0.3 is 5.11 Å². The van der Waals surface area contributed by atoms with E-state index in [-0.39, 0.29) is 0 Å². The van der Waals surface area contributed by atoms with E-state index in [1.807, 2.05) is 30.3 Å². The molecule has 1 aromatic carbocycles. The van der Waals surface area contributed by atoms with Crippen molar-refractivity contribution in [3.8, 4) is 0 Å². The lowest BCUT2D eigenvalue weighted by molar-refractivity contribution is -0.144. The van der Waals surface area contributed by atoms with Gasteiger partial charge in [0.15, 0.2) is 0 Å². The van der Waals surface area contributed by atoms with Gasteiger partial charge in [-0.1, -0.05) is 43.2 Å². The van der Waals surface area contributed by atoms with Crippen LogP contribution in [-0.2, 0) is 11.3 Å². The Morgan fingerprint density at radius 2 is 2.06 bits per heavy atom. The quantitative estimate of drug-likeness (QED) is 0.793. The van der Waals surface area contributed by atoms with Crippen molar-refractivity contribution in [1.29, 1.82) is 0 Å². The van der Waals surface area contributed by atoms with Crippen LogP contribution >= 0.6 is 0 Å². The van der Waals surface area contributed by atoms with Crippen LogP contribution in [0.3, 0.4) is 0 Å². The van der Waals surface area contributed by atoms with Gasteiger partial charge in [-0.2, -0.15) is 0 Å². The van der Waals surface area contributed by atoms with E-state index >= 15 is 0 Å². The van der Waals surface area contributed by atoms with Crippen molar-refractivity contribution in [2.45, 2.75) is 38.3 Å². The van der Waals surface area contributed by atoms with Gasteiger partial charge in [0.1, 0.15) is 5.54 Å². The molecule has 0 heterocycles. The van der Waals surface area contributed by atoms with Crippen molar-refractivity contribution in [3.05, 3.63) is 35.9 Å². The first kappa shape index (κ1) is 12.1. The maximum absolute atomic E-state index is 11.3. The fourth-order valence-electron chi connectivity index (χ4n) is 2.03. The molecular weight excluding hydrogens is 214 g/mol. The molecular formula is C14H19NO2. The van der Waals surface area contributed by atoms with Gasteiger partial charge in [-0.3, -0.25) is 10.1 Å². The summed E-state index contributed by atoms with van der Waals surface area (Å²) in [6, 6.07) is 9.91. The van der Waals surface area contributed by atoms with Crippen molar-refractivity contribution >= 4 is 5.97 Å². The van der Waals surface area contributed by atoms with E-state index in [2.05, 4.69) is 5.32 Å². The zero-order valence-electron chi connectivity index (χ0n) is 10.1. The number of hydrogen-bond donors (Lipinski definition) is 2. The molecule has 0 aliphatic heterocycles. The van der Waals surface area contributed by atoms with E-state index in [4.69, 9.17) is 0 Å². The van der Waals surface area contributed by atoms with E-state index in [0.29, 0.717) is 12.5 Å². The van der Waals surface area contributed by atoms with Crippen LogP contribution in [0.5, 0.6) is 0 Å². The Balaban J connectivity index is 1.95. The van der Waals surface area contributed by atoms with Crippen LogP contribution < -0.4 is 5.32 Å². The van der Waals surface area contributed by atoms with Crippen molar-refractivity contribution in [1.82, 2.24) is 5.32 Å². The predicted molar refractivity (Wildman–Crippen MR) is 66.7 cm³/mol. The van der Waals surface area contributed by atoms with E-state index in [1.54, 1.807) is 6.92 Å². The lowest BCUT2D eigenvalue weighted by Crippen LogP contribution is -2.49. The third kappa shape index (κ3) is 3.30. The fourth-order valence-corrected chi connectivity index (χ4v) is 2.03. The molecule has 1 atom stereocenters. The Kier molecular flexibility index (Phi) is 3.48. The minimum atomic E-state index is -0.795. The summed E-state index contributed by atoms with van der Waals surface area (Å²) in [5, 5.41) is 12.5. The lowest BCUT2D eigenvalue weighted by Gasteiger charge is -2.26. The summed E-state index contributed by atoms with van der Waals surface area (Å²) >= 11 is 0. The van der Waals surface area contributed by atoms with Crippen molar-refractivity contribution in [2.75, 3.05) is 0 Å². The van der Waals surface area contributed by atoms with Crippen LogP contribution in [0.1, 0.15) is 31.7 Å². The van der Waals surface area contributed by atoms with Crippen LogP contribution in [0.25, 0.3) is 0 Å². The summed E-state index contributed by atoms with van der Waals surface area (Å²) in [6.45, 7) is 2.40. The Hall–Kier alpha value is -1.35. The highest BCUT2D eigenvalue weighted by Crippen LogP contribution is 2.36. The molecule has 3 nitrogen and oxygen atoms in total. The molecule has 0 radical (unpaired) electrons. The van der Waals surface area contributed by atoms with Crippen LogP contribution in [0.15, 0.2) is 30.3 Å². The third-order valence-corrected chi connectivity index (χ3v) is 3.39. The largest absolute Gasteiger partial charge is 0.480 e. The van der Waals surface area contributed by atoms with Gasteiger partial charge in [-0.05, 0) is 24.8 Å². The average molecular weight is 233 g/mol. The maximum atomic E-state index is 11.3. The summed E-state index contributed by atoms with van der Waals surface area (Å²) in [7, 11) is 0. The normalized spacial score (nSPS) is 18.6. The Labute approximate surface area is 102 Å². The number of benzene rings is 1. The van der Waals surface area contributed by atoms with Gasteiger partial charge in [0.05, 0.1) is 0 Å². The van der Waals surface area contributed by atoms with Crippen LogP contribution in [0.2, 0.25) is 0 Å². The highest BCUT2D eigenvalue weighted by Gasteiger charge is 2.38. The summed E-state index contributed by atoms with van der Waals surface area (Å²) in [5.41, 5.74) is 0.326. The standard InChI is InChI=1S/C14H19NO2/c1-14(13(16)17,9-11-7-8-11)15-10-12-5-3-2-4-6-12/h2-6,11,15H,7-10H2,1H3,(H,16,17). The number of carbonyl (C=O) groups is 1. The molecule has 1 aromatic rings. The summed E-state index contributed by atoms with van der Waals surface area (Å²) in [5.74, 6) is -0.153. The van der Waals surface area contributed by atoms with E-state index in [9.17, 15) is 9.90 Å². The SMILES string of the molecule is CC(CC1CC1)(NCc1ccccc1)C(=O)O. The minimum Gasteiger partial charge on any atom is -0.480 e. The Morgan fingerprint density at radius 1 is 1.41 bits per heavy atom. The maximum Gasteiger partial charge on any atom is 0.323 e. The third-order valence-electron chi connectivity index (χ3n) is 3.39. The van der Waals surface area contributed by atoms with Crippen LogP contribution in [0.4, 0.5) is 0 Å². The molecule has 0 aromatic heterocycles. The molecule has 2 rings (SSSR count).